The van der Waals surface area contributed by atoms with Crippen molar-refractivity contribution >= 4 is 5.91 Å². The summed E-state index contributed by atoms with van der Waals surface area (Å²) in [6, 6.07) is 16.5. The van der Waals surface area contributed by atoms with E-state index in [0.29, 0.717) is 12.5 Å². The number of benzene rings is 2. The number of carbonyl (C=O) groups is 1. The summed E-state index contributed by atoms with van der Waals surface area (Å²) < 4.78 is 5.70. The van der Waals surface area contributed by atoms with E-state index in [9.17, 15) is 4.79 Å². The number of carbonyl (C=O) groups excluding carboxylic acids is 1. The molecule has 0 fully saturated rings. The SMILES string of the molecule is Cc1cccc(OC(C)C(=O)NCCCc2ccc(C(C)C)cc2)c1. The molecule has 1 unspecified atom stereocenters. The van der Waals surface area contributed by atoms with Crippen LogP contribution in [0.25, 0.3) is 0 Å². The molecule has 0 aliphatic heterocycles. The van der Waals surface area contributed by atoms with Crippen LogP contribution in [-0.4, -0.2) is 18.6 Å². The molecule has 0 heterocycles. The minimum Gasteiger partial charge on any atom is -0.481 e. The Hall–Kier alpha value is -2.29. The van der Waals surface area contributed by atoms with Crippen molar-refractivity contribution in [3.8, 4) is 5.75 Å². The van der Waals surface area contributed by atoms with Gasteiger partial charge in [-0.25, -0.2) is 0 Å². The van der Waals surface area contributed by atoms with Gasteiger partial charge in [0.25, 0.3) is 5.91 Å². The van der Waals surface area contributed by atoms with Crippen molar-refractivity contribution in [1.29, 1.82) is 0 Å². The lowest BCUT2D eigenvalue weighted by Crippen LogP contribution is -2.36. The molecule has 0 saturated heterocycles. The molecule has 2 aromatic rings. The Morgan fingerprint density at radius 3 is 2.44 bits per heavy atom. The first-order valence-corrected chi connectivity index (χ1v) is 9.05. The van der Waals surface area contributed by atoms with Gasteiger partial charge in [-0.2, -0.15) is 0 Å². The first-order valence-electron chi connectivity index (χ1n) is 9.05. The van der Waals surface area contributed by atoms with Crippen molar-refractivity contribution in [2.45, 2.75) is 52.6 Å². The molecule has 1 amide bonds. The Kier molecular flexibility index (Phi) is 7.05. The summed E-state index contributed by atoms with van der Waals surface area (Å²) in [5, 5.41) is 2.95. The monoisotopic (exact) mass is 339 g/mol. The standard InChI is InChI=1S/C22H29NO2/c1-16(2)20-12-10-19(11-13-20)8-6-14-23-22(24)18(4)25-21-9-5-7-17(3)15-21/h5,7,9-13,15-16,18H,6,8,14H2,1-4H3,(H,23,24). The van der Waals surface area contributed by atoms with Crippen LogP contribution in [0.2, 0.25) is 0 Å². The van der Waals surface area contributed by atoms with E-state index < -0.39 is 6.10 Å². The molecule has 3 nitrogen and oxygen atoms in total. The lowest BCUT2D eigenvalue weighted by molar-refractivity contribution is -0.127. The van der Waals surface area contributed by atoms with Gasteiger partial charge >= 0.3 is 0 Å². The van der Waals surface area contributed by atoms with Crippen molar-refractivity contribution in [2.24, 2.45) is 0 Å². The normalized spacial score (nSPS) is 12.0. The number of aryl methyl sites for hydroxylation is 2. The smallest absolute Gasteiger partial charge is 0.260 e. The third kappa shape index (κ3) is 6.26. The second-order valence-electron chi connectivity index (χ2n) is 6.87. The highest BCUT2D eigenvalue weighted by atomic mass is 16.5. The highest BCUT2D eigenvalue weighted by Crippen LogP contribution is 2.16. The highest BCUT2D eigenvalue weighted by Gasteiger charge is 2.13. The summed E-state index contributed by atoms with van der Waals surface area (Å²) >= 11 is 0. The van der Waals surface area contributed by atoms with E-state index in [1.807, 2.05) is 31.2 Å². The van der Waals surface area contributed by atoms with Crippen molar-refractivity contribution in [3.63, 3.8) is 0 Å². The Morgan fingerprint density at radius 2 is 1.80 bits per heavy atom. The number of amides is 1. The molecular weight excluding hydrogens is 310 g/mol. The molecule has 25 heavy (non-hydrogen) atoms. The summed E-state index contributed by atoms with van der Waals surface area (Å²) in [4.78, 5) is 12.1. The van der Waals surface area contributed by atoms with Gasteiger partial charge in [-0.3, -0.25) is 4.79 Å². The molecular formula is C22H29NO2. The van der Waals surface area contributed by atoms with E-state index in [4.69, 9.17) is 4.74 Å². The maximum absolute atomic E-state index is 12.1. The van der Waals surface area contributed by atoms with Crippen LogP contribution < -0.4 is 10.1 Å². The van der Waals surface area contributed by atoms with E-state index in [0.717, 1.165) is 24.2 Å². The lowest BCUT2D eigenvalue weighted by Gasteiger charge is -2.15. The Bertz CT molecular complexity index is 677. The third-order valence-corrected chi connectivity index (χ3v) is 4.26. The average Bonchev–Trinajstić information content (AvgIpc) is 2.59. The summed E-state index contributed by atoms with van der Waals surface area (Å²) in [5.41, 5.74) is 3.79. The molecule has 0 aliphatic rings. The summed E-state index contributed by atoms with van der Waals surface area (Å²) in [6.45, 7) is 8.84. The number of rotatable bonds is 8. The van der Waals surface area contributed by atoms with E-state index >= 15 is 0 Å². The Labute approximate surface area is 151 Å². The molecule has 1 N–H and O–H groups in total. The number of hydrogen-bond donors (Lipinski definition) is 1. The second kappa shape index (κ2) is 9.26. The summed E-state index contributed by atoms with van der Waals surface area (Å²) in [7, 11) is 0. The maximum Gasteiger partial charge on any atom is 0.260 e. The van der Waals surface area contributed by atoms with Gasteiger partial charge in [-0.1, -0.05) is 50.2 Å². The molecule has 2 aromatic carbocycles. The quantitative estimate of drug-likeness (QED) is 0.712. The molecule has 1 atom stereocenters. The van der Waals surface area contributed by atoms with Crippen LogP contribution in [0.3, 0.4) is 0 Å². The van der Waals surface area contributed by atoms with Crippen molar-refractivity contribution in [2.75, 3.05) is 6.54 Å². The van der Waals surface area contributed by atoms with Crippen LogP contribution >= 0.6 is 0 Å². The fraction of sp³-hybridized carbons (Fsp3) is 0.409. The molecule has 0 aliphatic carbocycles. The Balaban J connectivity index is 1.71. The molecule has 134 valence electrons. The minimum absolute atomic E-state index is 0.0725. The van der Waals surface area contributed by atoms with Gasteiger partial charge in [-0.15, -0.1) is 0 Å². The predicted molar refractivity (Wildman–Crippen MR) is 103 cm³/mol. The van der Waals surface area contributed by atoms with Crippen LogP contribution in [0.5, 0.6) is 5.75 Å². The highest BCUT2D eigenvalue weighted by molar-refractivity contribution is 5.80. The fourth-order valence-corrected chi connectivity index (χ4v) is 2.66. The molecule has 0 radical (unpaired) electrons. The first-order chi connectivity index (χ1) is 12.0. The van der Waals surface area contributed by atoms with Gasteiger partial charge in [0.1, 0.15) is 5.75 Å². The molecule has 0 saturated carbocycles. The number of hydrogen-bond acceptors (Lipinski definition) is 2. The van der Waals surface area contributed by atoms with Crippen LogP contribution in [-0.2, 0) is 11.2 Å². The zero-order chi connectivity index (χ0) is 18.2. The van der Waals surface area contributed by atoms with Gasteiger partial charge in [-0.05, 0) is 61.4 Å². The predicted octanol–water partition coefficient (Wildman–Crippen LogP) is 4.63. The van der Waals surface area contributed by atoms with Gasteiger partial charge in [0, 0.05) is 6.54 Å². The molecule has 0 spiro atoms. The lowest BCUT2D eigenvalue weighted by atomic mass is 10.0. The first kappa shape index (κ1) is 19.0. The molecule has 0 aromatic heterocycles. The molecule has 2 rings (SSSR count). The largest absolute Gasteiger partial charge is 0.481 e. The summed E-state index contributed by atoms with van der Waals surface area (Å²) in [6.07, 6.45) is 1.39. The van der Waals surface area contributed by atoms with Crippen molar-refractivity contribution < 1.29 is 9.53 Å². The van der Waals surface area contributed by atoms with E-state index in [1.54, 1.807) is 6.92 Å². The third-order valence-electron chi connectivity index (χ3n) is 4.26. The second-order valence-corrected chi connectivity index (χ2v) is 6.87. The minimum atomic E-state index is -0.493. The maximum atomic E-state index is 12.1. The topological polar surface area (TPSA) is 38.3 Å². The fourth-order valence-electron chi connectivity index (χ4n) is 2.66. The van der Waals surface area contributed by atoms with Crippen LogP contribution in [0.15, 0.2) is 48.5 Å². The zero-order valence-corrected chi connectivity index (χ0v) is 15.7. The van der Waals surface area contributed by atoms with Gasteiger partial charge < -0.3 is 10.1 Å². The van der Waals surface area contributed by atoms with E-state index in [2.05, 4.69) is 43.4 Å². The summed E-state index contributed by atoms with van der Waals surface area (Å²) in [5.74, 6) is 1.22. The average molecular weight is 339 g/mol. The molecule has 3 heteroatoms. The van der Waals surface area contributed by atoms with Crippen molar-refractivity contribution in [3.05, 3.63) is 65.2 Å². The number of nitrogens with one attached hydrogen (secondary N) is 1. The van der Waals surface area contributed by atoms with Crippen LogP contribution in [0.4, 0.5) is 0 Å². The van der Waals surface area contributed by atoms with E-state index in [-0.39, 0.29) is 5.91 Å². The molecule has 0 bridgehead atoms. The van der Waals surface area contributed by atoms with Gasteiger partial charge in [0.05, 0.1) is 0 Å². The van der Waals surface area contributed by atoms with Gasteiger partial charge in [0.15, 0.2) is 6.10 Å². The van der Waals surface area contributed by atoms with Crippen LogP contribution in [0, 0.1) is 6.92 Å². The van der Waals surface area contributed by atoms with Crippen LogP contribution in [0.1, 0.15) is 49.8 Å². The zero-order valence-electron chi connectivity index (χ0n) is 15.7. The van der Waals surface area contributed by atoms with Gasteiger partial charge in [0.2, 0.25) is 0 Å². The van der Waals surface area contributed by atoms with E-state index in [1.165, 1.54) is 11.1 Å². The van der Waals surface area contributed by atoms with Crippen molar-refractivity contribution in [1.82, 2.24) is 5.32 Å². The Morgan fingerprint density at radius 1 is 1.08 bits per heavy atom. The number of ether oxygens (including phenoxy) is 1.